The predicted octanol–water partition coefficient (Wildman–Crippen LogP) is 4.27. The summed E-state index contributed by atoms with van der Waals surface area (Å²) in [6.07, 6.45) is 3.50. The molecule has 184 valence electrons. The molecular formula is C24H33N3O4S2Si. The fourth-order valence-electron chi connectivity index (χ4n) is 4.96. The maximum Gasteiger partial charge on any atom is 0.356 e. The Balaban J connectivity index is 1.62. The number of carbonyl (C=O) groups excluding carboxylic acids is 2. The summed E-state index contributed by atoms with van der Waals surface area (Å²) in [7, 11) is -1.82. The van der Waals surface area contributed by atoms with Crippen LogP contribution in [-0.4, -0.2) is 61.4 Å². The molecule has 10 heteroatoms. The fraction of sp³-hybridized carbons (Fsp3) is 0.542. The number of amides is 1. The molecule has 0 aromatic carbocycles. The van der Waals surface area contributed by atoms with Gasteiger partial charge in [0.2, 0.25) is 5.91 Å². The average molecular weight is 520 g/mol. The van der Waals surface area contributed by atoms with E-state index in [1.165, 1.54) is 23.4 Å². The van der Waals surface area contributed by atoms with E-state index >= 15 is 0 Å². The number of nitrogens with one attached hydrogen (secondary N) is 1. The number of ether oxygens (including phenoxy) is 1. The van der Waals surface area contributed by atoms with Crippen molar-refractivity contribution in [3.05, 3.63) is 40.4 Å². The minimum atomic E-state index is -1.82. The lowest BCUT2D eigenvalue weighted by Gasteiger charge is -2.48. The second kappa shape index (κ2) is 9.73. The summed E-state index contributed by atoms with van der Waals surface area (Å²) in [6, 6.07) is 0.149. The van der Waals surface area contributed by atoms with E-state index in [4.69, 9.17) is 14.1 Å². The minimum Gasteiger partial charge on any atom is -0.457 e. The number of nitrogens with zero attached hydrogens (tertiary/aromatic N) is 2. The summed E-state index contributed by atoms with van der Waals surface area (Å²) in [4.78, 5) is 33.6. The van der Waals surface area contributed by atoms with Gasteiger partial charge in [-0.25, -0.2) is 9.78 Å². The molecule has 1 aromatic rings. The van der Waals surface area contributed by atoms with Crippen molar-refractivity contribution < 1.29 is 18.8 Å². The van der Waals surface area contributed by atoms with Crippen LogP contribution in [0.5, 0.6) is 0 Å². The average Bonchev–Trinajstić information content (AvgIpc) is 3.43. The van der Waals surface area contributed by atoms with Crippen molar-refractivity contribution in [3.63, 3.8) is 0 Å². The topological polar surface area (TPSA) is 80.8 Å². The quantitative estimate of drug-likeness (QED) is 0.226. The first-order valence-corrected chi connectivity index (χ1v) is 16.7. The maximum absolute atomic E-state index is 13.3. The first-order chi connectivity index (χ1) is 16.0. The second-order valence-electron chi connectivity index (χ2n) is 9.94. The van der Waals surface area contributed by atoms with Crippen molar-refractivity contribution in [1.29, 1.82) is 0 Å². The molecule has 7 nitrogen and oxygen atoms in total. The Hall–Kier alpha value is -1.72. The molecule has 3 aliphatic heterocycles. The third-order valence-electron chi connectivity index (χ3n) is 6.35. The predicted molar refractivity (Wildman–Crippen MR) is 139 cm³/mol. The van der Waals surface area contributed by atoms with E-state index in [1.54, 1.807) is 16.2 Å². The standard InChI is InChI=1S/C24H33N3O4S2Si/c1-8-11-30-23(29)20-21(33-24-26-17(12-32-24)16-9-10-25-14(16)3)13(2)19-18(22(28)27(19)20)15(4)31-34(5,6)7/h8-9,12-15,18-19,25H,1,10-11H2,2-7H3/t13-,14+,15-,18-,19-/m1/s1. The molecule has 1 N–H and O–H groups in total. The Morgan fingerprint density at radius 3 is 2.79 bits per heavy atom. The Morgan fingerprint density at radius 2 is 2.18 bits per heavy atom. The monoisotopic (exact) mass is 519 g/mol. The first-order valence-electron chi connectivity index (χ1n) is 11.6. The highest BCUT2D eigenvalue weighted by atomic mass is 32.2. The smallest absolute Gasteiger partial charge is 0.356 e. The van der Waals surface area contributed by atoms with E-state index in [0.717, 1.165) is 21.5 Å². The van der Waals surface area contributed by atoms with E-state index in [0.29, 0.717) is 5.70 Å². The van der Waals surface area contributed by atoms with Crippen LogP contribution in [0, 0.1) is 11.8 Å². The molecule has 1 amide bonds. The number of thiazole rings is 1. The van der Waals surface area contributed by atoms with Crippen molar-refractivity contribution in [1.82, 2.24) is 15.2 Å². The molecule has 4 rings (SSSR count). The van der Waals surface area contributed by atoms with Gasteiger partial charge in [-0.2, -0.15) is 0 Å². The molecule has 1 aromatic heterocycles. The summed E-state index contributed by atoms with van der Waals surface area (Å²) in [5.74, 6) is -0.857. The number of β-lactam (4-membered cyclic amide) rings is 1. The Morgan fingerprint density at radius 1 is 1.44 bits per heavy atom. The number of carbonyl (C=O) groups is 2. The lowest BCUT2D eigenvalue weighted by Crippen LogP contribution is -2.64. The van der Waals surface area contributed by atoms with Gasteiger partial charge in [-0.1, -0.05) is 37.4 Å². The normalized spacial score (nSPS) is 27.4. The van der Waals surface area contributed by atoms with E-state index in [-0.39, 0.29) is 42.5 Å². The molecule has 1 saturated heterocycles. The van der Waals surface area contributed by atoms with E-state index in [2.05, 4.69) is 56.8 Å². The van der Waals surface area contributed by atoms with Gasteiger partial charge >= 0.3 is 5.97 Å². The summed E-state index contributed by atoms with van der Waals surface area (Å²) in [6.45, 7) is 17.1. The number of aromatic nitrogens is 1. The van der Waals surface area contributed by atoms with Crippen LogP contribution in [0.3, 0.4) is 0 Å². The number of hydrogen-bond donors (Lipinski definition) is 1. The van der Waals surface area contributed by atoms with E-state index < -0.39 is 14.3 Å². The molecule has 4 heterocycles. The van der Waals surface area contributed by atoms with Gasteiger partial charge in [-0.15, -0.1) is 11.3 Å². The molecular weight excluding hydrogens is 487 g/mol. The molecule has 5 atom stereocenters. The molecule has 0 aliphatic carbocycles. The third kappa shape index (κ3) is 4.70. The zero-order valence-corrected chi connectivity index (χ0v) is 23.2. The zero-order chi connectivity index (χ0) is 24.8. The first kappa shape index (κ1) is 25.4. The maximum atomic E-state index is 13.3. The number of fused-ring (bicyclic) bond motifs is 1. The fourth-order valence-corrected chi connectivity index (χ4v) is 8.31. The summed E-state index contributed by atoms with van der Waals surface area (Å²) in [5.41, 5.74) is 2.50. The van der Waals surface area contributed by atoms with Crippen LogP contribution in [-0.2, 0) is 18.8 Å². The largest absolute Gasteiger partial charge is 0.457 e. The van der Waals surface area contributed by atoms with Crippen molar-refractivity contribution in [2.45, 2.75) is 62.9 Å². The summed E-state index contributed by atoms with van der Waals surface area (Å²) < 4.78 is 12.5. The minimum absolute atomic E-state index is 0.0229. The zero-order valence-electron chi connectivity index (χ0n) is 20.6. The number of esters is 1. The van der Waals surface area contributed by atoms with E-state index in [9.17, 15) is 9.59 Å². The molecule has 1 fully saturated rings. The van der Waals surface area contributed by atoms with Crippen LogP contribution in [0.4, 0.5) is 0 Å². The molecule has 0 radical (unpaired) electrons. The van der Waals surface area contributed by atoms with Crippen LogP contribution < -0.4 is 5.32 Å². The molecule has 3 aliphatic rings. The third-order valence-corrected chi connectivity index (χ3v) is 9.65. The van der Waals surface area contributed by atoms with Crippen LogP contribution in [0.2, 0.25) is 19.6 Å². The van der Waals surface area contributed by atoms with Crippen LogP contribution in [0.15, 0.2) is 39.1 Å². The van der Waals surface area contributed by atoms with Crippen molar-refractivity contribution in [2.75, 3.05) is 13.2 Å². The Kier molecular flexibility index (Phi) is 7.26. The molecule has 0 unspecified atom stereocenters. The SMILES string of the molecule is C=CCOC(=O)C1=C(Sc2nc(C3=CCN[C@H]3C)cs2)[C@H](C)[C@@H]2[C@@H]([C@@H](C)O[Si](C)(C)C)C(=O)N12. The van der Waals surface area contributed by atoms with Gasteiger partial charge in [-0.3, -0.25) is 4.79 Å². The van der Waals surface area contributed by atoms with Gasteiger partial charge < -0.3 is 19.4 Å². The summed E-state index contributed by atoms with van der Waals surface area (Å²) >= 11 is 3.03. The van der Waals surface area contributed by atoms with Crippen molar-refractivity contribution >= 4 is 48.9 Å². The Labute approximate surface area is 210 Å². The van der Waals surface area contributed by atoms with Crippen molar-refractivity contribution in [3.8, 4) is 0 Å². The lowest BCUT2D eigenvalue weighted by atomic mass is 9.79. The second-order valence-corrected chi connectivity index (χ2v) is 16.5. The van der Waals surface area contributed by atoms with Crippen molar-refractivity contribution in [2.24, 2.45) is 11.8 Å². The molecule has 0 bridgehead atoms. The van der Waals surface area contributed by atoms with Crippen LogP contribution in [0.1, 0.15) is 26.5 Å². The lowest BCUT2D eigenvalue weighted by molar-refractivity contribution is -0.163. The molecule has 34 heavy (non-hydrogen) atoms. The highest BCUT2D eigenvalue weighted by molar-refractivity contribution is 8.04. The van der Waals surface area contributed by atoms with Gasteiger partial charge in [-0.05, 0) is 39.1 Å². The van der Waals surface area contributed by atoms with Gasteiger partial charge in [0.25, 0.3) is 0 Å². The molecule has 0 spiro atoms. The molecule has 0 saturated carbocycles. The number of hydrogen-bond acceptors (Lipinski definition) is 8. The highest BCUT2D eigenvalue weighted by Crippen LogP contribution is 2.53. The Bertz CT molecular complexity index is 1060. The van der Waals surface area contributed by atoms with Crippen LogP contribution in [0.25, 0.3) is 5.57 Å². The van der Waals surface area contributed by atoms with Gasteiger partial charge in [0.1, 0.15) is 12.3 Å². The van der Waals surface area contributed by atoms with Gasteiger partial charge in [0, 0.05) is 28.8 Å². The highest BCUT2D eigenvalue weighted by Gasteiger charge is 2.61. The van der Waals surface area contributed by atoms with E-state index in [1.807, 2.05) is 6.92 Å². The number of rotatable bonds is 9. The summed E-state index contributed by atoms with van der Waals surface area (Å²) in [5, 5.41) is 5.44. The van der Waals surface area contributed by atoms with Crippen LogP contribution >= 0.6 is 23.1 Å². The number of thioether (sulfide) groups is 1. The van der Waals surface area contributed by atoms with Gasteiger partial charge in [0.05, 0.1) is 23.8 Å². The van der Waals surface area contributed by atoms with Gasteiger partial charge in [0.15, 0.2) is 12.7 Å².